The van der Waals surface area contributed by atoms with E-state index in [9.17, 15) is 5.11 Å². The molecule has 2 heterocycles. The molecule has 0 unspecified atom stereocenters. The first-order chi connectivity index (χ1) is 35.9. The molecule has 5 heteroatoms. The van der Waals surface area contributed by atoms with Crippen molar-refractivity contribution in [1.29, 1.82) is 0 Å². The second-order valence-electron chi connectivity index (χ2n) is 17.1. The van der Waals surface area contributed by atoms with E-state index >= 15 is 0 Å². The Bertz CT molecular complexity index is 3590. The molecule has 0 radical (unpaired) electrons. The molecule has 0 bridgehead atoms. The predicted molar refractivity (Wildman–Crippen MR) is 257 cm³/mol. The zero-order valence-electron chi connectivity index (χ0n) is 52.6. The van der Waals surface area contributed by atoms with Gasteiger partial charge in [-0.1, -0.05) is 159 Å². The molecule has 0 aliphatic rings. The van der Waals surface area contributed by atoms with E-state index in [1.54, 1.807) is 41.0 Å². The van der Waals surface area contributed by atoms with Crippen molar-refractivity contribution in [2.45, 2.75) is 98.5 Å². The Morgan fingerprint density at radius 1 is 0.694 bits per heavy atom. The minimum absolute atomic E-state index is 0. The van der Waals surface area contributed by atoms with Gasteiger partial charge in [0.05, 0.1) is 27.8 Å². The van der Waals surface area contributed by atoms with Gasteiger partial charge < -0.3 is 5.11 Å². The van der Waals surface area contributed by atoms with Crippen LogP contribution in [0.2, 0.25) is 0 Å². The van der Waals surface area contributed by atoms with Crippen molar-refractivity contribution in [3.05, 3.63) is 167 Å². The van der Waals surface area contributed by atoms with Crippen molar-refractivity contribution in [2.24, 2.45) is 0 Å². The molecule has 0 amide bonds. The average molecular weight is 1010 g/mol. The maximum atomic E-state index is 11.4. The summed E-state index contributed by atoms with van der Waals surface area (Å²) in [5, 5.41) is 11.4. The van der Waals surface area contributed by atoms with E-state index in [2.05, 4.69) is 24.9 Å². The topological polar surface area (TPSA) is 50.9 Å². The SMILES string of the molecule is [2H]c1c([2H])c(C(C([2H])([2H])[2H])(C([2H])([2H])[2H])C([2H])([2H])[2H])c([2H])c([2H])c1-c1ccnc(-c2[c-]c(-c3cccc4c3nc(-c3ccccc3O)n4-c3ccc(-c4cc(C(C)C)cc(C([2H])(C)C)c4)cc3C([2H])([2H])[2H])cc(C(C)(C)C)c2)c1.[Pt]. The Balaban J connectivity index is 0.00000903. The van der Waals surface area contributed by atoms with E-state index in [0.29, 0.717) is 38.9 Å². The summed E-state index contributed by atoms with van der Waals surface area (Å²) in [6.45, 7) is -0.405. The van der Waals surface area contributed by atoms with E-state index < -0.39 is 73.9 Å². The van der Waals surface area contributed by atoms with E-state index in [1.165, 1.54) is 24.4 Å². The van der Waals surface area contributed by atoms with E-state index in [4.69, 9.17) is 28.3 Å². The van der Waals surface area contributed by atoms with Gasteiger partial charge in [0.25, 0.3) is 0 Å². The number of benzene rings is 6. The monoisotopic (exact) mass is 1010 g/mol. The van der Waals surface area contributed by atoms with Crippen LogP contribution in [0.5, 0.6) is 5.75 Å². The maximum Gasteiger partial charge on any atom is 0.148 e. The van der Waals surface area contributed by atoms with Crippen molar-refractivity contribution in [3.8, 4) is 67.5 Å². The molecule has 6 aromatic carbocycles. The molecule has 0 saturated carbocycles. The Hall–Kier alpha value is -5.57. The minimum Gasteiger partial charge on any atom is -0.507 e. The number of aromatic hydroxyl groups is 1. The molecule has 318 valence electrons. The first kappa shape index (κ1) is 27.5. The quantitative estimate of drug-likeness (QED) is 0.154. The van der Waals surface area contributed by atoms with Gasteiger partial charge in [0, 0.05) is 50.8 Å². The van der Waals surface area contributed by atoms with Crippen LogP contribution in [0.3, 0.4) is 0 Å². The van der Waals surface area contributed by atoms with Gasteiger partial charge in [0.1, 0.15) is 11.6 Å². The molecule has 8 rings (SSSR count). The van der Waals surface area contributed by atoms with Crippen LogP contribution < -0.4 is 0 Å². The summed E-state index contributed by atoms with van der Waals surface area (Å²) < 4.78 is 147. The molecule has 0 saturated heterocycles. The molecule has 0 spiro atoms. The van der Waals surface area contributed by atoms with Crippen molar-refractivity contribution < 1.29 is 49.5 Å². The van der Waals surface area contributed by atoms with Crippen LogP contribution in [0.1, 0.15) is 132 Å². The molecule has 1 N–H and O–H groups in total. The molecule has 8 aromatic rings. The molecule has 4 nitrogen and oxygen atoms in total. The number of fused-ring (bicyclic) bond motifs is 1. The van der Waals surface area contributed by atoms with Crippen molar-refractivity contribution >= 4 is 11.0 Å². The number of aromatic nitrogens is 3. The number of phenols is 1. The minimum atomic E-state index is -3.84. The largest absolute Gasteiger partial charge is 0.507 e. The average Bonchev–Trinajstić information content (AvgIpc) is 3.90. The fourth-order valence-corrected chi connectivity index (χ4v) is 7.42. The van der Waals surface area contributed by atoms with Crippen molar-refractivity contribution in [1.82, 2.24) is 14.5 Å². The van der Waals surface area contributed by atoms with Crippen LogP contribution in [-0.4, -0.2) is 19.6 Å². The number of para-hydroxylation sites is 2. The van der Waals surface area contributed by atoms with Gasteiger partial charge >= 0.3 is 0 Å². The molecular formula is C57H58N3OPt-. The number of hydrogen-bond donors (Lipinski definition) is 1. The predicted octanol–water partition coefficient (Wildman–Crippen LogP) is 15.4. The summed E-state index contributed by atoms with van der Waals surface area (Å²) in [7, 11) is 0. The summed E-state index contributed by atoms with van der Waals surface area (Å²) in [5.74, 6) is -0.655. The van der Waals surface area contributed by atoms with Gasteiger partial charge in [-0.2, -0.15) is 0 Å². The molecule has 0 fully saturated rings. The van der Waals surface area contributed by atoms with Crippen LogP contribution in [0, 0.1) is 12.9 Å². The third-order valence-corrected chi connectivity index (χ3v) is 11.0. The number of pyridine rings is 1. The second-order valence-corrected chi connectivity index (χ2v) is 17.1. The molecule has 0 atom stereocenters. The summed E-state index contributed by atoms with van der Waals surface area (Å²) in [5.41, 5.74) is 1.42. The molecule has 62 heavy (non-hydrogen) atoms. The number of aryl methyl sites for hydroxylation is 1. The summed E-state index contributed by atoms with van der Waals surface area (Å²) in [4.78, 5) is 9.83. The van der Waals surface area contributed by atoms with Crippen molar-refractivity contribution in [3.63, 3.8) is 0 Å². The number of nitrogens with zero attached hydrogens (tertiary/aromatic N) is 3. The number of phenolic OH excluding ortho intramolecular Hbond substituents is 1. The fraction of sp³-hybridized carbons (Fsp3) is 0.263. The second kappa shape index (κ2) is 17.3. The van der Waals surface area contributed by atoms with Crippen LogP contribution in [-0.2, 0) is 31.9 Å². The standard InChI is InChI=1S/C57H58N3O.Pt/c1-35(2)41-28-42(36(3)4)30-43(29-41)39-21-24-51(37(5)27-39)60-52-17-14-16-48(54(52)59-55(60)49-15-12-13-18-53(49)61)44-31-45(33-47(32-44)57(9,10)11)50-34-40(25-26-58-50)38-19-22-46(23-20-38)56(6,7)8;/h12-30,32-36,61H,1-11H3;/q-1;/i5D3,6D3,7D3,8D3,19D,20D,22D,23D,35D;. The van der Waals surface area contributed by atoms with Crippen molar-refractivity contribution in [2.75, 3.05) is 0 Å². The number of hydrogen-bond acceptors (Lipinski definition) is 3. The maximum absolute atomic E-state index is 11.4. The van der Waals surface area contributed by atoms with Gasteiger partial charge in [-0.05, 0) is 110 Å². The Kier molecular flexibility index (Phi) is 7.67. The summed E-state index contributed by atoms with van der Waals surface area (Å²) in [6, 6.07) is 29.4. The summed E-state index contributed by atoms with van der Waals surface area (Å²) in [6.07, 6.45) is 1.37. The Morgan fingerprint density at radius 3 is 2.10 bits per heavy atom. The fourth-order valence-electron chi connectivity index (χ4n) is 7.42. The smallest absolute Gasteiger partial charge is 0.148 e. The van der Waals surface area contributed by atoms with Gasteiger partial charge in [0.15, 0.2) is 0 Å². The zero-order chi connectivity index (χ0) is 57.8. The van der Waals surface area contributed by atoms with Crippen LogP contribution in [0.4, 0.5) is 0 Å². The number of imidazole rings is 1. The van der Waals surface area contributed by atoms with Crippen LogP contribution >= 0.6 is 0 Å². The van der Waals surface area contributed by atoms with Gasteiger partial charge in [0.2, 0.25) is 0 Å². The first-order valence-corrected chi connectivity index (χ1v) is 20.2. The molecule has 0 aliphatic carbocycles. The third-order valence-electron chi connectivity index (χ3n) is 11.0. The Morgan fingerprint density at radius 2 is 1.40 bits per heavy atom. The third kappa shape index (κ3) is 8.86. The Labute approximate surface area is 407 Å². The van der Waals surface area contributed by atoms with Gasteiger partial charge in [-0.25, -0.2) is 4.98 Å². The van der Waals surface area contributed by atoms with Crippen LogP contribution in [0.25, 0.3) is 72.7 Å². The van der Waals surface area contributed by atoms with E-state index in [-0.39, 0.29) is 66.6 Å². The zero-order valence-corrected chi connectivity index (χ0v) is 37.8. The van der Waals surface area contributed by atoms with Gasteiger partial charge in [-0.3, -0.25) is 9.55 Å². The van der Waals surface area contributed by atoms with Gasteiger partial charge in [-0.15, -0.1) is 29.3 Å². The van der Waals surface area contributed by atoms with E-state index in [0.717, 1.165) is 22.3 Å². The first-order valence-electron chi connectivity index (χ1n) is 28.7. The molecule has 2 aromatic heterocycles. The molecule has 0 aliphatic heterocycles. The van der Waals surface area contributed by atoms with Crippen LogP contribution in [0.15, 0.2) is 133 Å². The molecular weight excluding hydrogens is 938 g/mol. The number of rotatable bonds is 8. The normalized spacial score (nSPS) is 17.0. The summed E-state index contributed by atoms with van der Waals surface area (Å²) >= 11 is 0. The van der Waals surface area contributed by atoms with E-state index in [1.807, 2.05) is 83.1 Å².